The summed E-state index contributed by atoms with van der Waals surface area (Å²) in [5.74, 6) is 1.26. The van der Waals surface area contributed by atoms with Crippen LogP contribution in [0.15, 0.2) is 18.3 Å². The number of nitro groups is 1. The normalized spacial score (nSPS) is 10.6. The van der Waals surface area contributed by atoms with Gasteiger partial charge in [0.15, 0.2) is 11.5 Å². The molecule has 0 aromatic heterocycles. The van der Waals surface area contributed by atoms with Crippen LogP contribution in [0.4, 0.5) is 0 Å². The van der Waals surface area contributed by atoms with E-state index >= 15 is 0 Å². The monoisotopic (exact) mass is 363 g/mol. The lowest BCUT2D eigenvalue weighted by Gasteiger charge is -2.12. The van der Waals surface area contributed by atoms with Crippen molar-refractivity contribution in [3.05, 3.63) is 37.6 Å². The Balaban J connectivity index is 3.06. The van der Waals surface area contributed by atoms with Gasteiger partial charge in [-0.2, -0.15) is 0 Å². The van der Waals surface area contributed by atoms with E-state index in [0.29, 0.717) is 23.7 Å². The van der Waals surface area contributed by atoms with Gasteiger partial charge in [-0.3, -0.25) is 10.1 Å². The highest BCUT2D eigenvalue weighted by Gasteiger charge is 2.10. The van der Waals surface area contributed by atoms with Crippen LogP contribution in [-0.2, 0) is 0 Å². The quantitative estimate of drug-likeness (QED) is 0.442. The van der Waals surface area contributed by atoms with Gasteiger partial charge in [-0.25, -0.2) is 0 Å². The molecular formula is C12H14INO4. The number of hydrogen-bond donors (Lipinski definition) is 0. The lowest BCUT2D eigenvalue weighted by Crippen LogP contribution is -2.00. The lowest BCUT2D eigenvalue weighted by molar-refractivity contribution is -0.400. The molecule has 0 heterocycles. The van der Waals surface area contributed by atoms with Crippen LogP contribution in [0.3, 0.4) is 0 Å². The molecule has 0 saturated heterocycles. The number of nitrogens with zero attached hydrogens (tertiary/aromatic N) is 1. The Kier molecular flexibility index (Phi) is 5.90. The van der Waals surface area contributed by atoms with E-state index in [1.807, 2.05) is 13.0 Å². The average Bonchev–Trinajstić information content (AvgIpc) is 2.34. The Morgan fingerprint density at radius 1 is 1.50 bits per heavy atom. The molecule has 0 aliphatic carbocycles. The van der Waals surface area contributed by atoms with Crippen LogP contribution in [0, 0.1) is 13.7 Å². The van der Waals surface area contributed by atoms with E-state index in [0.717, 1.165) is 16.2 Å². The fourth-order valence-electron chi connectivity index (χ4n) is 1.33. The van der Waals surface area contributed by atoms with Crippen molar-refractivity contribution in [1.82, 2.24) is 0 Å². The summed E-state index contributed by atoms with van der Waals surface area (Å²) in [5.41, 5.74) is 0.705. The molecule has 0 radical (unpaired) electrons. The summed E-state index contributed by atoms with van der Waals surface area (Å²) < 4.78 is 11.7. The number of rotatable bonds is 6. The van der Waals surface area contributed by atoms with Gasteiger partial charge in [0.25, 0.3) is 0 Å². The van der Waals surface area contributed by atoms with Gasteiger partial charge in [0.05, 0.1) is 22.2 Å². The third-order valence-electron chi connectivity index (χ3n) is 2.09. The molecule has 0 spiro atoms. The molecule has 1 aromatic carbocycles. The molecule has 6 heteroatoms. The molecule has 1 rings (SSSR count). The fourth-order valence-corrected chi connectivity index (χ4v) is 2.11. The number of ether oxygens (including phenoxy) is 2. The van der Waals surface area contributed by atoms with E-state index in [-0.39, 0.29) is 0 Å². The summed E-state index contributed by atoms with van der Waals surface area (Å²) in [6, 6.07) is 3.53. The summed E-state index contributed by atoms with van der Waals surface area (Å²) in [5, 5.41) is 10.3. The Hall–Kier alpha value is -1.31. The maximum Gasteiger partial charge on any atom is 0.235 e. The predicted molar refractivity (Wildman–Crippen MR) is 77.5 cm³/mol. The van der Waals surface area contributed by atoms with Gasteiger partial charge in [-0.05, 0) is 46.7 Å². The molecule has 0 unspecified atom stereocenters. The van der Waals surface area contributed by atoms with Gasteiger partial charge in [-0.15, -0.1) is 0 Å². The number of benzene rings is 1. The molecule has 18 heavy (non-hydrogen) atoms. The Morgan fingerprint density at radius 3 is 2.78 bits per heavy atom. The minimum Gasteiger partial charge on any atom is -0.493 e. The van der Waals surface area contributed by atoms with E-state index in [9.17, 15) is 10.1 Å². The molecule has 0 saturated carbocycles. The van der Waals surface area contributed by atoms with E-state index in [2.05, 4.69) is 22.6 Å². The van der Waals surface area contributed by atoms with E-state index in [1.54, 1.807) is 13.2 Å². The summed E-state index contributed by atoms with van der Waals surface area (Å²) in [6.45, 7) is 2.63. The standard InChI is InChI=1S/C12H14INO4/c1-3-6-18-12-10(13)7-9(4-5-14(15)16)8-11(12)17-2/h4-5,7-8H,3,6H2,1-2H3/b5-4+. The fraction of sp³-hybridized carbons (Fsp3) is 0.333. The zero-order valence-electron chi connectivity index (χ0n) is 10.2. The molecule has 0 aliphatic heterocycles. The predicted octanol–water partition coefficient (Wildman–Crippen LogP) is 3.34. The van der Waals surface area contributed by atoms with Gasteiger partial charge in [0, 0.05) is 6.08 Å². The van der Waals surface area contributed by atoms with E-state index < -0.39 is 4.92 Å². The molecule has 0 aliphatic rings. The van der Waals surface area contributed by atoms with Crippen molar-refractivity contribution >= 4 is 28.7 Å². The molecular weight excluding hydrogens is 349 g/mol. The lowest BCUT2D eigenvalue weighted by atomic mass is 10.2. The van der Waals surface area contributed by atoms with Gasteiger partial charge in [-0.1, -0.05) is 6.92 Å². The zero-order chi connectivity index (χ0) is 13.5. The van der Waals surface area contributed by atoms with Crippen LogP contribution in [0.2, 0.25) is 0 Å². The van der Waals surface area contributed by atoms with Crippen LogP contribution < -0.4 is 9.47 Å². The summed E-state index contributed by atoms with van der Waals surface area (Å²) in [7, 11) is 1.55. The molecule has 0 amide bonds. The largest absolute Gasteiger partial charge is 0.493 e. The molecule has 0 atom stereocenters. The highest BCUT2D eigenvalue weighted by molar-refractivity contribution is 14.1. The van der Waals surface area contributed by atoms with Crippen molar-refractivity contribution in [2.45, 2.75) is 13.3 Å². The molecule has 0 fully saturated rings. The first-order valence-electron chi connectivity index (χ1n) is 5.40. The SMILES string of the molecule is CCCOc1c(I)cc(/C=C/[N+](=O)[O-])cc1OC. The molecule has 0 bridgehead atoms. The van der Waals surface area contributed by atoms with Crippen molar-refractivity contribution in [3.63, 3.8) is 0 Å². The van der Waals surface area contributed by atoms with E-state index in [1.165, 1.54) is 6.08 Å². The minimum absolute atomic E-state index is 0.499. The molecule has 0 N–H and O–H groups in total. The number of hydrogen-bond acceptors (Lipinski definition) is 4. The van der Waals surface area contributed by atoms with Gasteiger partial charge < -0.3 is 9.47 Å². The molecule has 5 nitrogen and oxygen atoms in total. The smallest absolute Gasteiger partial charge is 0.235 e. The van der Waals surface area contributed by atoms with Crippen molar-refractivity contribution in [1.29, 1.82) is 0 Å². The van der Waals surface area contributed by atoms with Crippen LogP contribution in [0.5, 0.6) is 11.5 Å². The second-order valence-corrected chi connectivity index (χ2v) is 4.65. The Bertz CT molecular complexity index is 460. The maximum absolute atomic E-state index is 10.3. The van der Waals surface area contributed by atoms with Gasteiger partial charge >= 0.3 is 0 Å². The van der Waals surface area contributed by atoms with Crippen molar-refractivity contribution < 1.29 is 14.4 Å². The van der Waals surface area contributed by atoms with Crippen LogP contribution in [-0.4, -0.2) is 18.6 Å². The van der Waals surface area contributed by atoms with Crippen molar-refractivity contribution in [2.75, 3.05) is 13.7 Å². The second kappa shape index (κ2) is 7.20. The zero-order valence-corrected chi connectivity index (χ0v) is 12.3. The topological polar surface area (TPSA) is 61.6 Å². The first kappa shape index (κ1) is 14.7. The molecule has 1 aromatic rings. The minimum atomic E-state index is -0.499. The van der Waals surface area contributed by atoms with Crippen LogP contribution in [0.25, 0.3) is 6.08 Å². The molecule has 98 valence electrons. The van der Waals surface area contributed by atoms with Crippen LogP contribution in [0.1, 0.15) is 18.9 Å². The highest BCUT2D eigenvalue weighted by Crippen LogP contribution is 2.34. The Labute approximate surface area is 119 Å². The summed E-state index contributed by atoms with van der Waals surface area (Å²) >= 11 is 2.12. The van der Waals surface area contributed by atoms with Crippen LogP contribution >= 0.6 is 22.6 Å². The van der Waals surface area contributed by atoms with E-state index in [4.69, 9.17) is 9.47 Å². The third kappa shape index (κ3) is 4.17. The first-order chi connectivity index (χ1) is 8.58. The van der Waals surface area contributed by atoms with Gasteiger partial charge in [0.2, 0.25) is 6.20 Å². The second-order valence-electron chi connectivity index (χ2n) is 3.48. The van der Waals surface area contributed by atoms with Crippen molar-refractivity contribution in [2.24, 2.45) is 0 Å². The number of halogens is 1. The average molecular weight is 363 g/mol. The first-order valence-corrected chi connectivity index (χ1v) is 6.48. The Morgan fingerprint density at radius 2 is 2.22 bits per heavy atom. The summed E-state index contributed by atoms with van der Waals surface area (Å²) in [6.07, 6.45) is 3.23. The third-order valence-corrected chi connectivity index (χ3v) is 2.89. The highest BCUT2D eigenvalue weighted by atomic mass is 127. The number of methoxy groups -OCH3 is 1. The van der Waals surface area contributed by atoms with Gasteiger partial charge in [0.1, 0.15) is 0 Å². The summed E-state index contributed by atoms with van der Waals surface area (Å²) in [4.78, 5) is 9.78. The maximum atomic E-state index is 10.3. The van der Waals surface area contributed by atoms with Crippen molar-refractivity contribution in [3.8, 4) is 11.5 Å².